The van der Waals surface area contributed by atoms with Crippen molar-refractivity contribution in [3.63, 3.8) is 0 Å². The van der Waals surface area contributed by atoms with Gasteiger partial charge in [-0.3, -0.25) is 4.79 Å². The summed E-state index contributed by atoms with van der Waals surface area (Å²) in [7, 11) is -1.94. The molecule has 0 N–H and O–H groups in total. The number of nitrogens with zero attached hydrogens (tertiary/aromatic N) is 1. The average molecular weight is 430 g/mol. The minimum Gasteiger partial charge on any atom is -0.460 e. The largest absolute Gasteiger partial charge is 0.460 e. The number of rotatable bonds is 4. The van der Waals surface area contributed by atoms with Crippen molar-refractivity contribution in [2.45, 2.75) is 123 Å². The van der Waals surface area contributed by atoms with Crippen LogP contribution >= 0.6 is 0 Å². The zero-order valence-electron chi connectivity index (χ0n) is 20.5. The number of hydrogen-bond donors (Lipinski definition) is 0. The quantitative estimate of drug-likeness (QED) is 0.435. The molecular weight excluding hydrogens is 386 g/mol. The molecule has 1 amide bonds. The molecule has 1 fully saturated rings. The Bertz CT molecular complexity index is 583. The van der Waals surface area contributed by atoms with Crippen LogP contribution in [0.15, 0.2) is 0 Å². The predicted molar refractivity (Wildman–Crippen MR) is 118 cm³/mol. The second kappa shape index (κ2) is 8.96. The van der Waals surface area contributed by atoms with Gasteiger partial charge in [0.05, 0.1) is 6.42 Å². The maximum atomic E-state index is 12.8. The molecule has 0 unspecified atom stereocenters. The number of carbonyl (C=O) groups excluding carboxylic acids is 2. The molecule has 0 aliphatic carbocycles. The molecule has 1 saturated heterocycles. The Kier molecular flexibility index (Phi) is 8.02. The van der Waals surface area contributed by atoms with Crippen LogP contribution in [-0.2, 0) is 18.7 Å². The van der Waals surface area contributed by atoms with E-state index in [1.165, 1.54) is 0 Å². The van der Waals surface area contributed by atoms with Crippen LogP contribution in [0, 0.1) is 0 Å². The van der Waals surface area contributed by atoms with Crippen LogP contribution < -0.4 is 0 Å². The summed E-state index contributed by atoms with van der Waals surface area (Å²) in [4.78, 5) is 26.9. The second-order valence-electron chi connectivity index (χ2n) is 11.6. The molecule has 0 aromatic carbocycles. The lowest BCUT2D eigenvalue weighted by molar-refractivity contribution is -0.156. The summed E-state index contributed by atoms with van der Waals surface area (Å²) in [5.41, 5.74) is -1.14. The number of hydrogen-bond acceptors (Lipinski definition) is 5. The van der Waals surface area contributed by atoms with Crippen molar-refractivity contribution >= 4 is 20.4 Å². The normalized spacial score (nSPS) is 21.7. The van der Waals surface area contributed by atoms with E-state index in [9.17, 15) is 9.59 Å². The van der Waals surface area contributed by atoms with Gasteiger partial charge < -0.3 is 18.8 Å². The summed E-state index contributed by atoms with van der Waals surface area (Å²) >= 11 is 0. The van der Waals surface area contributed by atoms with Gasteiger partial charge in [-0.15, -0.1) is 0 Å². The molecule has 0 aromatic rings. The molecule has 0 saturated carbocycles. The Morgan fingerprint density at radius 2 is 1.45 bits per heavy atom. The molecule has 0 bridgehead atoms. The van der Waals surface area contributed by atoms with E-state index in [-0.39, 0.29) is 35.7 Å². The van der Waals surface area contributed by atoms with Gasteiger partial charge in [0.15, 0.2) is 8.32 Å². The topological polar surface area (TPSA) is 65.1 Å². The smallest absolute Gasteiger partial charge is 0.410 e. The van der Waals surface area contributed by atoms with E-state index in [1.54, 1.807) is 4.90 Å². The van der Waals surface area contributed by atoms with Gasteiger partial charge in [0, 0.05) is 18.7 Å². The summed E-state index contributed by atoms with van der Waals surface area (Å²) < 4.78 is 17.7. The first kappa shape index (κ1) is 26.0. The molecule has 0 spiro atoms. The zero-order chi connectivity index (χ0) is 22.8. The van der Waals surface area contributed by atoms with E-state index >= 15 is 0 Å². The SMILES string of the molecule is CC(C)(C)OC(=O)C[C@H]1C[C@@H](O[Si](C)(C)C(C)(C)C)CCN1C(=O)OC(C)(C)C. The van der Waals surface area contributed by atoms with Crippen molar-refractivity contribution < 1.29 is 23.5 Å². The van der Waals surface area contributed by atoms with Crippen LogP contribution in [0.5, 0.6) is 0 Å². The van der Waals surface area contributed by atoms with E-state index in [2.05, 4.69) is 33.9 Å². The van der Waals surface area contributed by atoms with Crippen LogP contribution in [0.2, 0.25) is 18.1 Å². The van der Waals surface area contributed by atoms with E-state index in [0.717, 1.165) is 6.42 Å². The third kappa shape index (κ3) is 8.66. The Balaban J connectivity index is 2.96. The standard InChI is InChI=1S/C22H43NO5Si/c1-20(2,3)26-18(24)15-16-14-17(28-29(10,11)22(7,8)9)12-13-23(16)19(25)27-21(4,5)6/h16-17H,12-15H2,1-11H3/t16-,17+/m1/s1. The molecule has 1 aliphatic heterocycles. The van der Waals surface area contributed by atoms with E-state index in [0.29, 0.717) is 13.0 Å². The zero-order valence-corrected chi connectivity index (χ0v) is 21.5. The number of likely N-dealkylation sites (tertiary alicyclic amines) is 1. The molecule has 7 heteroatoms. The van der Waals surface area contributed by atoms with Crippen LogP contribution in [0.3, 0.4) is 0 Å². The second-order valence-corrected chi connectivity index (χ2v) is 16.4. The lowest BCUT2D eigenvalue weighted by Gasteiger charge is -2.44. The van der Waals surface area contributed by atoms with Crippen LogP contribution in [0.4, 0.5) is 4.79 Å². The molecule has 0 aromatic heterocycles. The van der Waals surface area contributed by atoms with Gasteiger partial charge in [0.2, 0.25) is 0 Å². The van der Waals surface area contributed by atoms with Crippen molar-refractivity contribution in [2.75, 3.05) is 6.54 Å². The van der Waals surface area contributed by atoms with Crippen molar-refractivity contribution in [1.29, 1.82) is 0 Å². The first-order valence-corrected chi connectivity index (χ1v) is 13.6. The molecule has 1 aliphatic rings. The Labute approximate surface area is 178 Å². The molecular formula is C22H43NO5Si. The fraction of sp³-hybridized carbons (Fsp3) is 0.909. The average Bonchev–Trinajstić information content (AvgIpc) is 2.41. The lowest BCUT2D eigenvalue weighted by atomic mass is 9.97. The number of esters is 1. The number of amides is 1. The van der Waals surface area contributed by atoms with E-state index < -0.39 is 19.5 Å². The molecule has 1 rings (SSSR count). The highest BCUT2D eigenvalue weighted by Crippen LogP contribution is 2.39. The first-order chi connectivity index (χ1) is 12.8. The van der Waals surface area contributed by atoms with Crippen LogP contribution in [0.25, 0.3) is 0 Å². The van der Waals surface area contributed by atoms with Gasteiger partial charge in [0.1, 0.15) is 11.2 Å². The maximum Gasteiger partial charge on any atom is 0.410 e. The minimum atomic E-state index is -1.94. The van der Waals surface area contributed by atoms with Gasteiger partial charge in [-0.05, 0) is 72.5 Å². The maximum absolute atomic E-state index is 12.8. The fourth-order valence-electron chi connectivity index (χ4n) is 3.04. The van der Waals surface area contributed by atoms with Crippen molar-refractivity contribution in [3.8, 4) is 0 Å². The highest BCUT2D eigenvalue weighted by atomic mass is 28.4. The van der Waals surface area contributed by atoms with Crippen molar-refractivity contribution in [1.82, 2.24) is 4.90 Å². The monoisotopic (exact) mass is 429 g/mol. The van der Waals surface area contributed by atoms with Gasteiger partial charge in [-0.1, -0.05) is 20.8 Å². The van der Waals surface area contributed by atoms with Gasteiger partial charge in [-0.25, -0.2) is 4.79 Å². The molecule has 6 nitrogen and oxygen atoms in total. The summed E-state index contributed by atoms with van der Waals surface area (Å²) in [6, 6.07) is -0.289. The molecule has 0 radical (unpaired) electrons. The number of piperidine rings is 1. The van der Waals surface area contributed by atoms with E-state index in [1.807, 2.05) is 41.5 Å². The highest BCUT2D eigenvalue weighted by Gasteiger charge is 2.42. The molecule has 29 heavy (non-hydrogen) atoms. The van der Waals surface area contributed by atoms with Crippen molar-refractivity contribution in [3.05, 3.63) is 0 Å². The van der Waals surface area contributed by atoms with Crippen LogP contribution in [0.1, 0.15) is 81.6 Å². The number of carbonyl (C=O) groups is 2. The summed E-state index contributed by atoms with van der Waals surface area (Å²) in [5, 5.41) is 0.107. The molecule has 2 atom stereocenters. The minimum absolute atomic E-state index is 0.0296. The molecule has 170 valence electrons. The Morgan fingerprint density at radius 1 is 0.931 bits per heavy atom. The van der Waals surface area contributed by atoms with Gasteiger partial charge in [-0.2, -0.15) is 0 Å². The highest BCUT2D eigenvalue weighted by molar-refractivity contribution is 6.74. The Morgan fingerprint density at radius 3 is 1.90 bits per heavy atom. The summed E-state index contributed by atoms with van der Waals surface area (Å²) in [5.74, 6) is -0.302. The van der Waals surface area contributed by atoms with Gasteiger partial charge >= 0.3 is 12.1 Å². The lowest BCUT2D eigenvalue weighted by Crippen LogP contribution is -2.53. The fourth-order valence-corrected chi connectivity index (χ4v) is 4.45. The van der Waals surface area contributed by atoms with E-state index in [4.69, 9.17) is 13.9 Å². The first-order valence-electron chi connectivity index (χ1n) is 10.7. The summed E-state index contributed by atoms with van der Waals surface area (Å²) in [6.07, 6.45) is 1.16. The van der Waals surface area contributed by atoms with Gasteiger partial charge in [0.25, 0.3) is 0 Å². The predicted octanol–water partition coefficient (Wildman–Crippen LogP) is 5.51. The third-order valence-corrected chi connectivity index (χ3v) is 9.92. The summed E-state index contributed by atoms with van der Waals surface area (Å²) in [6.45, 7) is 22.7. The Hall–Kier alpha value is -1.08. The third-order valence-electron chi connectivity index (χ3n) is 5.39. The van der Waals surface area contributed by atoms with Crippen LogP contribution in [-0.4, -0.2) is 55.2 Å². The van der Waals surface area contributed by atoms with Crippen molar-refractivity contribution in [2.24, 2.45) is 0 Å². The number of ether oxygens (including phenoxy) is 2. The molecule has 1 heterocycles.